The van der Waals surface area contributed by atoms with E-state index in [4.69, 9.17) is 16.3 Å². The molecule has 8 nitrogen and oxygen atoms in total. The van der Waals surface area contributed by atoms with Crippen molar-refractivity contribution >= 4 is 23.0 Å². The van der Waals surface area contributed by atoms with Gasteiger partial charge in [-0.2, -0.15) is 13.2 Å². The number of nitrogens with two attached hydrogens (primary N) is 2. The Hall–Kier alpha value is -4.09. The number of aromatic nitrogens is 1. The predicted octanol–water partition coefficient (Wildman–Crippen LogP) is 5.50. The van der Waals surface area contributed by atoms with Crippen molar-refractivity contribution < 1.29 is 22.7 Å². The van der Waals surface area contributed by atoms with Gasteiger partial charge in [0.2, 0.25) is 0 Å². The fourth-order valence-corrected chi connectivity index (χ4v) is 3.90. The summed E-state index contributed by atoms with van der Waals surface area (Å²) in [6, 6.07) is 9.00. The van der Waals surface area contributed by atoms with Crippen LogP contribution in [-0.2, 0) is 12.7 Å². The van der Waals surface area contributed by atoms with Gasteiger partial charge in [0.1, 0.15) is 5.75 Å². The quantitative estimate of drug-likeness (QED) is 0.214. The lowest BCUT2D eigenvalue weighted by atomic mass is 9.99. The molecule has 1 amide bonds. The second-order valence-electron chi connectivity index (χ2n) is 10.5. The number of benzene rings is 2. The number of hydrogen-bond acceptors (Lipinski definition) is 7. The Bertz CT molecular complexity index is 1410. The van der Waals surface area contributed by atoms with Crippen LogP contribution in [0.4, 0.5) is 24.5 Å². The molecule has 0 aliphatic heterocycles. The zero-order valence-electron chi connectivity index (χ0n) is 23.4. The number of anilines is 2. The van der Waals surface area contributed by atoms with Gasteiger partial charge in [-0.1, -0.05) is 6.07 Å². The number of hydrogen-bond donors (Lipinski definition) is 4. The molecule has 11 heteroatoms. The number of carbonyl (C=O) groups is 1. The summed E-state index contributed by atoms with van der Waals surface area (Å²) in [5.41, 5.74) is 7.98. The van der Waals surface area contributed by atoms with Crippen LogP contribution in [0.15, 0.2) is 55.0 Å². The van der Waals surface area contributed by atoms with E-state index in [1.165, 1.54) is 25.2 Å². The highest BCUT2D eigenvalue weighted by Crippen LogP contribution is 2.36. The topological polar surface area (TPSA) is 119 Å². The molecule has 3 aromatic rings. The summed E-state index contributed by atoms with van der Waals surface area (Å²) in [5.74, 6) is 6.20. The van der Waals surface area contributed by atoms with Crippen LogP contribution in [0.1, 0.15) is 58.9 Å². The molecular weight excluding hydrogens is 521 g/mol. The lowest BCUT2D eigenvalue weighted by Crippen LogP contribution is -2.35. The molecule has 1 aromatic heterocycles. The van der Waals surface area contributed by atoms with Crippen LogP contribution < -0.4 is 32.0 Å². The van der Waals surface area contributed by atoms with Crippen molar-refractivity contribution in [2.24, 2.45) is 11.6 Å². The first-order valence-electron chi connectivity index (χ1n) is 12.5. The predicted molar refractivity (Wildman–Crippen MR) is 152 cm³/mol. The van der Waals surface area contributed by atoms with Gasteiger partial charge in [-0.3, -0.25) is 14.8 Å². The zero-order chi connectivity index (χ0) is 29.8. The summed E-state index contributed by atoms with van der Waals surface area (Å²) in [6.45, 7) is 9.20. The Labute approximate surface area is 232 Å². The molecule has 214 valence electrons. The molecule has 6 N–H and O–H groups in total. The van der Waals surface area contributed by atoms with Crippen LogP contribution in [0.5, 0.6) is 5.75 Å². The summed E-state index contributed by atoms with van der Waals surface area (Å²) in [5, 5.41) is 7.08. The fraction of sp³-hybridized carbons (Fsp3) is 0.310. The molecule has 0 saturated heterocycles. The Morgan fingerprint density at radius 1 is 1.07 bits per heavy atom. The molecule has 0 saturated carbocycles. The summed E-state index contributed by atoms with van der Waals surface area (Å²) >= 11 is 0. The Morgan fingerprint density at radius 2 is 1.77 bits per heavy atom. The van der Waals surface area contributed by atoms with Gasteiger partial charge in [-0.25, -0.2) is 5.84 Å². The Balaban J connectivity index is 1.90. The average Bonchev–Trinajstić information content (AvgIpc) is 2.87. The number of rotatable bonds is 8. The standard InChI is InChI=1S/C29H35F3N6O2/c1-17-7-8-19(11-26(17)38(34)16-25(33)21-10-23(40-6)15-35-13-21)27(39)37-22-9-20(14-36-28(3,4)5)18(2)24(12-22)29(30,31)32/h7-13,15-16,36H,14,33-34H2,1-6H3,(H,37,39)/b25-16-. The lowest BCUT2D eigenvalue weighted by Gasteiger charge is -2.23. The maximum absolute atomic E-state index is 13.8. The molecule has 3 rings (SSSR count). The molecule has 0 unspecified atom stereocenters. The molecular formula is C29H35F3N6O2. The van der Waals surface area contributed by atoms with E-state index in [9.17, 15) is 18.0 Å². The monoisotopic (exact) mass is 556 g/mol. The maximum Gasteiger partial charge on any atom is 0.416 e. The largest absolute Gasteiger partial charge is 0.495 e. The Kier molecular flexibility index (Phi) is 9.11. The number of nitrogens with zero attached hydrogens (tertiary/aromatic N) is 2. The van der Waals surface area contributed by atoms with E-state index in [-0.39, 0.29) is 28.9 Å². The number of nitrogens with one attached hydrogen (secondary N) is 2. The minimum atomic E-state index is -4.58. The van der Waals surface area contributed by atoms with E-state index in [1.54, 1.807) is 49.6 Å². The fourth-order valence-electron chi connectivity index (χ4n) is 3.90. The minimum Gasteiger partial charge on any atom is -0.495 e. The van der Waals surface area contributed by atoms with E-state index in [2.05, 4.69) is 15.6 Å². The summed E-state index contributed by atoms with van der Waals surface area (Å²) < 4.78 is 46.6. The molecule has 40 heavy (non-hydrogen) atoms. The number of pyridine rings is 1. The van der Waals surface area contributed by atoms with Crippen LogP contribution in [0, 0.1) is 13.8 Å². The van der Waals surface area contributed by atoms with Gasteiger partial charge < -0.3 is 21.1 Å². The number of halogens is 3. The van der Waals surface area contributed by atoms with Crippen LogP contribution in [0.25, 0.3) is 5.70 Å². The molecule has 0 radical (unpaired) electrons. The van der Waals surface area contributed by atoms with E-state index in [0.717, 1.165) is 11.6 Å². The van der Waals surface area contributed by atoms with Crippen molar-refractivity contribution in [1.29, 1.82) is 0 Å². The van der Waals surface area contributed by atoms with Crippen LogP contribution >= 0.6 is 0 Å². The minimum absolute atomic E-state index is 0.0371. The van der Waals surface area contributed by atoms with Gasteiger partial charge in [-0.05, 0) is 81.6 Å². The van der Waals surface area contributed by atoms with Crippen molar-refractivity contribution in [1.82, 2.24) is 10.3 Å². The highest BCUT2D eigenvalue weighted by molar-refractivity contribution is 6.05. The normalized spacial score (nSPS) is 12.3. The molecule has 0 atom stereocenters. The molecule has 0 aliphatic rings. The number of ether oxygens (including phenoxy) is 1. The first-order chi connectivity index (χ1) is 18.6. The first-order valence-corrected chi connectivity index (χ1v) is 12.5. The Morgan fingerprint density at radius 3 is 2.40 bits per heavy atom. The number of carbonyl (C=O) groups excluding carboxylic acids is 1. The maximum atomic E-state index is 13.8. The first kappa shape index (κ1) is 30.5. The number of methoxy groups -OCH3 is 1. The van der Waals surface area contributed by atoms with Gasteiger partial charge in [0.25, 0.3) is 5.91 Å². The molecule has 0 bridgehead atoms. The molecule has 0 fully saturated rings. The number of aryl methyl sites for hydroxylation is 1. The SMILES string of the molecule is COc1cncc(/C(N)=C/N(N)c2cc(C(=O)Nc3cc(CNC(C)(C)C)c(C)c(C(F)(F)F)c3)ccc2C)c1. The van der Waals surface area contributed by atoms with E-state index < -0.39 is 17.6 Å². The second-order valence-corrected chi connectivity index (χ2v) is 10.5. The third-order valence-corrected chi connectivity index (χ3v) is 6.20. The van der Waals surface area contributed by atoms with Gasteiger partial charge in [0.05, 0.1) is 30.3 Å². The third kappa shape index (κ3) is 7.73. The van der Waals surface area contributed by atoms with Crippen molar-refractivity contribution in [2.75, 3.05) is 17.4 Å². The van der Waals surface area contributed by atoms with E-state index in [1.807, 2.05) is 20.8 Å². The molecule has 1 heterocycles. The van der Waals surface area contributed by atoms with Crippen molar-refractivity contribution in [3.8, 4) is 5.75 Å². The van der Waals surface area contributed by atoms with Crippen molar-refractivity contribution in [3.63, 3.8) is 0 Å². The van der Waals surface area contributed by atoms with Gasteiger partial charge in [-0.15, -0.1) is 0 Å². The van der Waals surface area contributed by atoms with Gasteiger partial charge in [0, 0.05) is 41.3 Å². The van der Waals surface area contributed by atoms with E-state index >= 15 is 0 Å². The van der Waals surface area contributed by atoms with E-state index in [0.29, 0.717) is 28.3 Å². The highest BCUT2D eigenvalue weighted by Gasteiger charge is 2.34. The molecule has 0 aliphatic carbocycles. The molecule has 0 spiro atoms. The average molecular weight is 557 g/mol. The van der Waals surface area contributed by atoms with Crippen molar-refractivity contribution in [3.05, 3.63) is 88.4 Å². The van der Waals surface area contributed by atoms with Crippen molar-refractivity contribution in [2.45, 2.75) is 52.9 Å². The van der Waals surface area contributed by atoms with Crippen LogP contribution in [0.2, 0.25) is 0 Å². The second kappa shape index (κ2) is 12.0. The summed E-state index contributed by atoms with van der Waals surface area (Å²) in [6.07, 6.45) is -0.00649. The van der Waals surface area contributed by atoms with Crippen LogP contribution in [-0.4, -0.2) is 23.5 Å². The third-order valence-electron chi connectivity index (χ3n) is 6.20. The lowest BCUT2D eigenvalue weighted by molar-refractivity contribution is -0.138. The van der Waals surface area contributed by atoms with Crippen LogP contribution in [0.3, 0.4) is 0 Å². The number of amides is 1. The summed E-state index contributed by atoms with van der Waals surface area (Å²) in [7, 11) is 1.51. The van der Waals surface area contributed by atoms with Gasteiger partial charge in [0.15, 0.2) is 0 Å². The zero-order valence-corrected chi connectivity index (χ0v) is 23.4. The number of hydrazine groups is 1. The smallest absolute Gasteiger partial charge is 0.416 e. The summed E-state index contributed by atoms with van der Waals surface area (Å²) in [4.78, 5) is 17.2. The highest BCUT2D eigenvalue weighted by atomic mass is 19.4. The van der Waals surface area contributed by atoms with Gasteiger partial charge >= 0.3 is 6.18 Å². The molecule has 2 aromatic carbocycles. The number of alkyl halides is 3.